The molecule has 0 aromatic heterocycles. The lowest BCUT2D eigenvalue weighted by Crippen LogP contribution is -2.35. The molecule has 30 heavy (non-hydrogen) atoms. The maximum atomic E-state index is 4.52. The van der Waals surface area contributed by atoms with Gasteiger partial charge >= 0.3 is 0 Å². The molecule has 2 rings (SSSR count). The van der Waals surface area contributed by atoms with E-state index in [-0.39, 0.29) is 0 Å². The summed E-state index contributed by atoms with van der Waals surface area (Å²) in [6.45, 7) is 17.4. The molecule has 1 nitrogen and oxygen atoms in total. The molecule has 0 aliphatic heterocycles. The van der Waals surface area contributed by atoms with Crippen LogP contribution in [0.2, 0.25) is 0 Å². The molecule has 0 N–H and O–H groups in total. The van der Waals surface area contributed by atoms with Gasteiger partial charge in [-0.05, 0) is 62.1 Å². The molecule has 0 heterocycles. The predicted octanol–water partition coefficient (Wildman–Crippen LogP) is 7.91. The predicted molar refractivity (Wildman–Crippen MR) is 135 cm³/mol. The van der Waals surface area contributed by atoms with Gasteiger partial charge in [-0.1, -0.05) is 86.7 Å². The SMILES string of the molecule is C=CC1C(C)C=CC(CC)C1C(=C)N(C)c1ccc(C/C=C/C=C(C)\C=C/C)cc1. The zero-order valence-corrected chi connectivity index (χ0v) is 19.5. The van der Waals surface area contributed by atoms with Gasteiger partial charge in [-0.15, -0.1) is 6.58 Å². The van der Waals surface area contributed by atoms with E-state index in [0.29, 0.717) is 23.7 Å². The molecule has 1 heteroatoms. The van der Waals surface area contributed by atoms with E-state index in [1.54, 1.807) is 0 Å². The van der Waals surface area contributed by atoms with Crippen molar-refractivity contribution in [2.75, 3.05) is 11.9 Å². The monoisotopic (exact) mass is 401 g/mol. The first-order valence-corrected chi connectivity index (χ1v) is 11.2. The number of nitrogens with zero attached hydrogens (tertiary/aromatic N) is 1. The largest absolute Gasteiger partial charge is 0.348 e. The fraction of sp³-hybridized carbons (Fsp3) is 0.379. The molecule has 0 saturated heterocycles. The Labute approximate surface area is 184 Å². The minimum absolute atomic E-state index is 0.396. The zero-order chi connectivity index (χ0) is 22.1. The second kappa shape index (κ2) is 11.6. The van der Waals surface area contributed by atoms with Crippen molar-refractivity contribution in [1.29, 1.82) is 0 Å². The summed E-state index contributed by atoms with van der Waals surface area (Å²) >= 11 is 0. The van der Waals surface area contributed by atoms with Crippen LogP contribution in [-0.4, -0.2) is 7.05 Å². The van der Waals surface area contributed by atoms with Gasteiger partial charge < -0.3 is 4.90 Å². The summed E-state index contributed by atoms with van der Waals surface area (Å²) in [4.78, 5) is 2.26. The third-order valence-corrected chi connectivity index (χ3v) is 6.31. The molecular formula is C29H39N. The first kappa shape index (κ1) is 23.7. The quantitative estimate of drug-likeness (QED) is 0.300. The molecule has 4 atom stereocenters. The van der Waals surface area contributed by atoms with Crippen LogP contribution in [0.25, 0.3) is 0 Å². The van der Waals surface area contributed by atoms with Crippen LogP contribution in [0.5, 0.6) is 0 Å². The van der Waals surface area contributed by atoms with Gasteiger partial charge in [0.1, 0.15) is 0 Å². The van der Waals surface area contributed by atoms with Crippen LogP contribution >= 0.6 is 0 Å². The normalized spacial score (nSPS) is 24.5. The Hall–Kier alpha value is -2.54. The summed E-state index contributed by atoms with van der Waals surface area (Å²) in [5, 5.41) is 0. The van der Waals surface area contributed by atoms with Gasteiger partial charge in [0.25, 0.3) is 0 Å². The van der Waals surface area contributed by atoms with Gasteiger partial charge in [0.2, 0.25) is 0 Å². The van der Waals surface area contributed by atoms with Crippen LogP contribution in [0, 0.1) is 23.7 Å². The molecule has 160 valence electrons. The minimum atomic E-state index is 0.396. The van der Waals surface area contributed by atoms with E-state index in [9.17, 15) is 0 Å². The Morgan fingerprint density at radius 1 is 1.17 bits per heavy atom. The van der Waals surface area contributed by atoms with Crippen molar-refractivity contribution in [3.05, 3.63) is 103 Å². The smallest absolute Gasteiger partial charge is 0.0405 e. The highest BCUT2D eigenvalue weighted by Crippen LogP contribution is 2.42. The van der Waals surface area contributed by atoms with Gasteiger partial charge in [-0.2, -0.15) is 0 Å². The highest BCUT2D eigenvalue weighted by atomic mass is 15.1. The lowest BCUT2D eigenvalue weighted by atomic mass is 9.68. The van der Waals surface area contributed by atoms with Crippen molar-refractivity contribution >= 4 is 5.69 Å². The lowest BCUT2D eigenvalue weighted by Gasteiger charge is -2.41. The summed E-state index contributed by atoms with van der Waals surface area (Å²) in [5.41, 5.74) is 4.95. The maximum Gasteiger partial charge on any atom is 0.0405 e. The molecule has 4 unspecified atom stereocenters. The first-order valence-electron chi connectivity index (χ1n) is 11.2. The maximum absolute atomic E-state index is 4.52. The van der Waals surface area contributed by atoms with Gasteiger partial charge in [0.15, 0.2) is 0 Å². The second-order valence-corrected chi connectivity index (χ2v) is 8.41. The fourth-order valence-corrected chi connectivity index (χ4v) is 4.39. The van der Waals surface area contributed by atoms with E-state index in [1.165, 1.54) is 22.5 Å². The van der Waals surface area contributed by atoms with Crippen LogP contribution < -0.4 is 4.90 Å². The molecule has 0 spiro atoms. The third kappa shape index (κ3) is 5.98. The fourth-order valence-electron chi connectivity index (χ4n) is 4.39. The topological polar surface area (TPSA) is 3.24 Å². The molecule has 0 saturated carbocycles. The number of anilines is 1. The molecular weight excluding hydrogens is 362 g/mol. The standard InChI is InChI=1S/C29H39N/c1-8-13-22(4)14-11-12-15-25-17-20-27(21-18-25)30(7)24(6)29-26(9-2)19-16-23(5)28(29)10-3/h8,10-14,16-21,23,26,28-29H,3,6,9,15H2,1-2,4-5,7H3/b12-11+,13-8-,22-14-. The van der Waals surface area contributed by atoms with Crippen molar-refractivity contribution in [3.8, 4) is 0 Å². The Kier molecular flexibility index (Phi) is 9.17. The molecule has 1 aliphatic carbocycles. The van der Waals surface area contributed by atoms with Crippen LogP contribution in [0.4, 0.5) is 5.69 Å². The van der Waals surface area contributed by atoms with Crippen molar-refractivity contribution < 1.29 is 0 Å². The Morgan fingerprint density at radius 2 is 1.87 bits per heavy atom. The Bertz CT molecular complexity index is 818. The summed E-state index contributed by atoms with van der Waals surface area (Å²) in [6, 6.07) is 8.86. The van der Waals surface area contributed by atoms with Crippen LogP contribution in [-0.2, 0) is 6.42 Å². The first-order chi connectivity index (χ1) is 14.4. The molecule has 0 radical (unpaired) electrons. The molecule has 0 amide bonds. The van der Waals surface area contributed by atoms with E-state index in [0.717, 1.165) is 12.8 Å². The van der Waals surface area contributed by atoms with Crippen molar-refractivity contribution in [2.45, 2.75) is 40.5 Å². The molecule has 1 aliphatic rings. The Balaban J connectivity index is 2.09. The number of hydrogen-bond acceptors (Lipinski definition) is 1. The lowest BCUT2D eigenvalue weighted by molar-refractivity contribution is 0.276. The zero-order valence-electron chi connectivity index (χ0n) is 19.5. The molecule has 0 bridgehead atoms. The third-order valence-electron chi connectivity index (χ3n) is 6.31. The van der Waals surface area contributed by atoms with Crippen LogP contribution in [0.1, 0.15) is 39.7 Å². The van der Waals surface area contributed by atoms with Crippen molar-refractivity contribution in [3.63, 3.8) is 0 Å². The van der Waals surface area contributed by atoms with E-state index < -0.39 is 0 Å². The van der Waals surface area contributed by atoms with Crippen LogP contribution in [0.3, 0.4) is 0 Å². The molecule has 0 fully saturated rings. The minimum Gasteiger partial charge on any atom is -0.348 e. The number of allylic oxidation sites excluding steroid dienone is 10. The average Bonchev–Trinajstić information content (AvgIpc) is 2.76. The Morgan fingerprint density at radius 3 is 2.47 bits per heavy atom. The van der Waals surface area contributed by atoms with E-state index in [2.05, 4.69) is 119 Å². The number of rotatable bonds is 9. The summed E-state index contributed by atoms with van der Waals surface area (Å²) in [5.74, 6) is 1.84. The van der Waals surface area contributed by atoms with E-state index >= 15 is 0 Å². The van der Waals surface area contributed by atoms with Gasteiger partial charge in [0.05, 0.1) is 0 Å². The second-order valence-electron chi connectivity index (χ2n) is 8.41. The van der Waals surface area contributed by atoms with E-state index in [4.69, 9.17) is 0 Å². The summed E-state index contributed by atoms with van der Waals surface area (Å²) in [6.07, 6.45) is 19.6. The highest BCUT2D eigenvalue weighted by Gasteiger charge is 2.35. The van der Waals surface area contributed by atoms with Gasteiger partial charge in [-0.3, -0.25) is 0 Å². The average molecular weight is 402 g/mol. The van der Waals surface area contributed by atoms with E-state index in [1.807, 2.05) is 6.92 Å². The molecule has 1 aromatic carbocycles. The number of benzene rings is 1. The van der Waals surface area contributed by atoms with Crippen LogP contribution in [0.15, 0.2) is 97.3 Å². The number of hydrogen-bond donors (Lipinski definition) is 0. The molecule has 1 aromatic rings. The van der Waals surface area contributed by atoms with Gasteiger partial charge in [-0.25, -0.2) is 0 Å². The van der Waals surface area contributed by atoms with Crippen molar-refractivity contribution in [1.82, 2.24) is 0 Å². The highest BCUT2D eigenvalue weighted by molar-refractivity contribution is 5.52. The summed E-state index contributed by atoms with van der Waals surface area (Å²) in [7, 11) is 2.14. The van der Waals surface area contributed by atoms with Crippen molar-refractivity contribution in [2.24, 2.45) is 23.7 Å². The summed E-state index contributed by atoms with van der Waals surface area (Å²) < 4.78 is 0. The van der Waals surface area contributed by atoms with Gasteiger partial charge in [0, 0.05) is 24.4 Å².